The fourth-order valence-corrected chi connectivity index (χ4v) is 1.90. The molecule has 1 heterocycles. The summed E-state index contributed by atoms with van der Waals surface area (Å²) in [6.45, 7) is 2.66. The van der Waals surface area contributed by atoms with Crippen LogP contribution in [-0.2, 0) is 16.6 Å². The van der Waals surface area contributed by atoms with Crippen molar-refractivity contribution in [2.24, 2.45) is 0 Å². The minimum Gasteiger partial charge on any atom is -0.472 e. The van der Waals surface area contributed by atoms with Crippen molar-refractivity contribution in [3.63, 3.8) is 0 Å². The van der Waals surface area contributed by atoms with Crippen molar-refractivity contribution in [3.8, 4) is 0 Å². The number of hydrogen-bond acceptors (Lipinski definition) is 3. The minimum absolute atomic E-state index is 0.381. The molecule has 0 aromatic carbocycles. The number of rotatable bonds is 4. The molecule has 1 aromatic heterocycles. The molecule has 0 fully saturated rings. The second kappa shape index (κ2) is 3.93. The molecular weight excluding hydrogens is 190 g/mol. The van der Waals surface area contributed by atoms with E-state index in [0.717, 1.165) is 5.56 Å². The monoisotopic (exact) mass is 203 g/mol. The number of furan rings is 1. The van der Waals surface area contributed by atoms with E-state index in [1.807, 2.05) is 0 Å². The van der Waals surface area contributed by atoms with E-state index in [0.29, 0.717) is 13.1 Å². The van der Waals surface area contributed by atoms with Gasteiger partial charge in [0.25, 0.3) is 0 Å². The van der Waals surface area contributed by atoms with Gasteiger partial charge in [0.2, 0.25) is 10.0 Å². The lowest BCUT2D eigenvalue weighted by Crippen LogP contribution is -2.28. The Balaban J connectivity index is 2.72. The van der Waals surface area contributed by atoms with Crippen molar-refractivity contribution in [2.45, 2.75) is 13.5 Å². The van der Waals surface area contributed by atoms with E-state index in [1.165, 1.54) is 16.8 Å². The number of hydrogen-bond donors (Lipinski definition) is 0. The van der Waals surface area contributed by atoms with Gasteiger partial charge >= 0.3 is 0 Å². The zero-order valence-corrected chi connectivity index (χ0v) is 8.54. The summed E-state index contributed by atoms with van der Waals surface area (Å²) >= 11 is 0. The zero-order chi connectivity index (χ0) is 9.90. The third-order valence-electron chi connectivity index (χ3n) is 1.76. The van der Waals surface area contributed by atoms with Crippen molar-refractivity contribution in [3.05, 3.63) is 24.2 Å². The van der Waals surface area contributed by atoms with Crippen LogP contribution in [0.15, 0.2) is 23.0 Å². The first-order valence-corrected chi connectivity index (χ1v) is 5.85. The Morgan fingerprint density at radius 3 is 2.62 bits per heavy atom. The summed E-state index contributed by atoms with van der Waals surface area (Å²) < 4.78 is 28.6. The molecule has 0 spiro atoms. The van der Waals surface area contributed by atoms with Gasteiger partial charge in [0, 0.05) is 18.7 Å². The van der Waals surface area contributed by atoms with Crippen molar-refractivity contribution in [2.75, 3.05) is 12.8 Å². The van der Waals surface area contributed by atoms with Gasteiger partial charge in [0.15, 0.2) is 0 Å². The zero-order valence-electron chi connectivity index (χ0n) is 7.73. The summed E-state index contributed by atoms with van der Waals surface area (Å²) in [6.07, 6.45) is 4.29. The van der Waals surface area contributed by atoms with Crippen molar-refractivity contribution in [1.82, 2.24) is 4.31 Å². The molecule has 0 radical (unpaired) electrons. The average molecular weight is 203 g/mol. The second-order valence-electron chi connectivity index (χ2n) is 2.82. The van der Waals surface area contributed by atoms with E-state index in [1.54, 1.807) is 19.3 Å². The van der Waals surface area contributed by atoms with Gasteiger partial charge < -0.3 is 4.42 Å². The predicted molar refractivity (Wildman–Crippen MR) is 49.6 cm³/mol. The third kappa shape index (κ3) is 2.86. The summed E-state index contributed by atoms with van der Waals surface area (Å²) in [5.41, 5.74) is 0.868. The quantitative estimate of drug-likeness (QED) is 0.735. The lowest BCUT2D eigenvalue weighted by Gasteiger charge is -2.16. The first-order chi connectivity index (χ1) is 6.04. The van der Waals surface area contributed by atoms with Gasteiger partial charge in [-0.3, -0.25) is 0 Å². The Labute approximate surface area is 78.2 Å². The average Bonchev–Trinajstić information content (AvgIpc) is 2.49. The van der Waals surface area contributed by atoms with E-state index in [9.17, 15) is 8.42 Å². The molecule has 0 aliphatic heterocycles. The molecule has 74 valence electrons. The maximum Gasteiger partial charge on any atom is 0.211 e. The molecule has 4 nitrogen and oxygen atoms in total. The Bertz CT molecular complexity index is 341. The van der Waals surface area contributed by atoms with Crippen LogP contribution in [0.1, 0.15) is 12.5 Å². The molecule has 0 amide bonds. The lowest BCUT2D eigenvalue weighted by atomic mass is 10.3. The van der Waals surface area contributed by atoms with E-state index >= 15 is 0 Å². The van der Waals surface area contributed by atoms with Crippen LogP contribution in [0.4, 0.5) is 0 Å². The van der Waals surface area contributed by atoms with Crippen LogP contribution in [0.5, 0.6) is 0 Å². The summed E-state index contributed by atoms with van der Waals surface area (Å²) in [5.74, 6) is 0. The van der Waals surface area contributed by atoms with E-state index in [-0.39, 0.29) is 0 Å². The SMILES string of the molecule is CCN(Cc1ccoc1)S(C)(=O)=O. The van der Waals surface area contributed by atoms with Crippen LogP contribution in [0.2, 0.25) is 0 Å². The maximum absolute atomic E-state index is 11.2. The molecule has 0 unspecified atom stereocenters. The third-order valence-corrected chi connectivity index (χ3v) is 3.09. The molecule has 0 aliphatic carbocycles. The van der Waals surface area contributed by atoms with Crippen molar-refractivity contribution >= 4 is 10.0 Å². The Morgan fingerprint density at radius 2 is 2.23 bits per heavy atom. The van der Waals surface area contributed by atoms with E-state index in [2.05, 4.69) is 0 Å². The van der Waals surface area contributed by atoms with Gasteiger partial charge in [0.1, 0.15) is 0 Å². The van der Waals surface area contributed by atoms with Crippen molar-refractivity contribution < 1.29 is 12.8 Å². The summed E-state index contributed by atoms with van der Waals surface area (Å²) in [7, 11) is -3.10. The molecule has 13 heavy (non-hydrogen) atoms. The van der Waals surface area contributed by atoms with Crippen LogP contribution >= 0.6 is 0 Å². The van der Waals surface area contributed by atoms with Gasteiger partial charge in [-0.05, 0) is 6.07 Å². The van der Waals surface area contributed by atoms with Crippen molar-refractivity contribution in [1.29, 1.82) is 0 Å². The minimum atomic E-state index is -3.10. The normalized spacial score (nSPS) is 12.2. The standard InChI is InChI=1S/C8H13NO3S/c1-3-9(13(2,10)11)6-8-4-5-12-7-8/h4-5,7H,3,6H2,1-2H3. The van der Waals surface area contributed by atoms with Gasteiger partial charge in [-0.25, -0.2) is 8.42 Å². The highest BCUT2D eigenvalue weighted by Crippen LogP contribution is 2.07. The second-order valence-corrected chi connectivity index (χ2v) is 4.80. The molecule has 1 rings (SSSR count). The molecule has 1 aromatic rings. The van der Waals surface area contributed by atoms with E-state index < -0.39 is 10.0 Å². The van der Waals surface area contributed by atoms with Crippen LogP contribution in [0.3, 0.4) is 0 Å². The summed E-state index contributed by atoms with van der Waals surface area (Å²) in [6, 6.07) is 1.76. The lowest BCUT2D eigenvalue weighted by molar-refractivity contribution is 0.425. The van der Waals surface area contributed by atoms with Gasteiger partial charge in [-0.2, -0.15) is 4.31 Å². The summed E-state index contributed by atoms with van der Waals surface area (Å²) in [5, 5.41) is 0. The summed E-state index contributed by atoms with van der Waals surface area (Å²) in [4.78, 5) is 0. The van der Waals surface area contributed by atoms with Crippen LogP contribution in [0, 0.1) is 0 Å². The topological polar surface area (TPSA) is 50.5 Å². The smallest absolute Gasteiger partial charge is 0.211 e. The number of nitrogens with zero attached hydrogens (tertiary/aromatic N) is 1. The fourth-order valence-electron chi connectivity index (χ4n) is 1.05. The van der Waals surface area contributed by atoms with Crippen LogP contribution < -0.4 is 0 Å². The first-order valence-electron chi connectivity index (χ1n) is 4.00. The van der Waals surface area contributed by atoms with Gasteiger partial charge in [-0.15, -0.1) is 0 Å². The molecule has 0 bridgehead atoms. The predicted octanol–water partition coefficient (Wildman–Crippen LogP) is 1.06. The molecule has 0 N–H and O–H groups in total. The highest BCUT2D eigenvalue weighted by molar-refractivity contribution is 7.88. The Morgan fingerprint density at radius 1 is 1.54 bits per heavy atom. The molecule has 0 saturated heterocycles. The fraction of sp³-hybridized carbons (Fsp3) is 0.500. The highest BCUT2D eigenvalue weighted by atomic mass is 32.2. The largest absolute Gasteiger partial charge is 0.472 e. The van der Waals surface area contributed by atoms with Gasteiger partial charge in [0.05, 0.1) is 18.8 Å². The highest BCUT2D eigenvalue weighted by Gasteiger charge is 2.14. The van der Waals surface area contributed by atoms with E-state index in [4.69, 9.17) is 4.42 Å². The Hall–Kier alpha value is -0.810. The van der Waals surface area contributed by atoms with Crippen LogP contribution in [0.25, 0.3) is 0 Å². The Kier molecular flexibility index (Phi) is 3.11. The number of sulfonamides is 1. The molecule has 0 saturated carbocycles. The molecule has 0 atom stereocenters. The molecule has 0 aliphatic rings. The van der Waals surface area contributed by atoms with Crippen LogP contribution in [-0.4, -0.2) is 25.5 Å². The first kappa shape index (κ1) is 10.3. The maximum atomic E-state index is 11.2. The molecule has 5 heteroatoms. The van der Waals surface area contributed by atoms with Gasteiger partial charge in [-0.1, -0.05) is 6.92 Å². The molecular formula is C8H13NO3S.